The number of nitrogens with zero attached hydrogens (tertiary/aromatic N) is 1. The van der Waals surface area contributed by atoms with Crippen LogP contribution in [0, 0.1) is 0 Å². The maximum atomic E-state index is 12.3. The molecule has 0 bridgehead atoms. The van der Waals surface area contributed by atoms with Crippen molar-refractivity contribution in [2.75, 3.05) is 26.7 Å². The number of hydrogen-bond acceptors (Lipinski definition) is 5. The van der Waals surface area contributed by atoms with E-state index in [-0.39, 0.29) is 29.3 Å². The number of amides is 1. The van der Waals surface area contributed by atoms with Crippen molar-refractivity contribution in [2.45, 2.75) is 17.9 Å². The second-order valence-corrected chi connectivity index (χ2v) is 7.20. The number of halogens is 1. The SMILES string of the molecule is CNS(=O)(=O)c1csc(C(=O)N2CCNC[C@H]2C)c1.Cl. The lowest BCUT2D eigenvalue weighted by atomic mass is 10.2. The number of hydrogen-bond donors (Lipinski definition) is 2. The van der Waals surface area contributed by atoms with Gasteiger partial charge in [-0.15, -0.1) is 23.7 Å². The molecule has 0 spiro atoms. The molecular weight excluding hydrogens is 322 g/mol. The average molecular weight is 340 g/mol. The molecule has 2 heterocycles. The first kappa shape index (κ1) is 17.4. The highest BCUT2D eigenvalue weighted by Crippen LogP contribution is 2.21. The predicted octanol–water partition coefficient (Wildman–Crippen LogP) is 0.512. The Balaban J connectivity index is 0.00000200. The molecule has 1 aliphatic rings. The molecule has 1 amide bonds. The zero-order valence-electron chi connectivity index (χ0n) is 11.3. The minimum absolute atomic E-state index is 0. The minimum Gasteiger partial charge on any atom is -0.333 e. The summed E-state index contributed by atoms with van der Waals surface area (Å²) in [7, 11) is -2.12. The third-order valence-corrected chi connectivity index (χ3v) is 5.59. The third-order valence-electron chi connectivity index (χ3n) is 3.13. The lowest BCUT2D eigenvalue weighted by molar-refractivity contribution is 0.0660. The van der Waals surface area contributed by atoms with Crippen LogP contribution >= 0.6 is 23.7 Å². The number of carbonyl (C=O) groups excluding carboxylic acids is 1. The topological polar surface area (TPSA) is 78.5 Å². The van der Waals surface area contributed by atoms with Crippen molar-refractivity contribution in [3.8, 4) is 0 Å². The molecule has 2 rings (SSSR count). The molecule has 0 unspecified atom stereocenters. The summed E-state index contributed by atoms with van der Waals surface area (Å²) in [5.74, 6) is -0.100. The summed E-state index contributed by atoms with van der Waals surface area (Å²) in [5.41, 5.74) is 0. The number of piperazine rings is 1. The van der Waals surface area contributed by atoms with Crippen molar-refractivity contribution in [3.05, 3.63) is 16.3 Å². The Morgan fingerprint density at radius 3 is 2.85 bits per heavy atom. The first-order chi connectivity index (χ1) is 8.95. The number of nitrogens with one attached hydrogen (secondary N) is 2. The summed E-state index contributed by atoms with van der Waals surface area (Å²) in [4.78, 5) is 14.7. The molecule has 0 aromatic carbocycles. The maximum Gasteiger partial charge on any atom is 0.264 e. The van der Waals surface area contributed by atoms with Gasteiger partial charge in [0.2, 0.25) is 10.0 Å². The summed E-state index contributed by atoms with van der Waals surface area (Å²) in [5, 5.41) is 4.71. The van der Waals surface area contributed by atoms with E-state index in [1.807, 2.05) is 6.92 Å². The van der Waals surface area contributed by atoms with Gasteiger partial charge in [-0.2, -0.15) is 0 Å². The first-order valence-electron chi connectivity index (χ1n) is 5.99. The second-order valence-electron chi connectivity index (χ2n) is 4.41. The van der Waals surface area contributed by atoms with E-state index in [0.717, 1.165) is 24.4 Å². The van der Waals surface area contributed by atoms with Crippen LogP contribution in [0.15, 0.2) is 16.3 Å². The maximum absolute atomic E-state index is 12.3. The largest absolute Gasteiger partial charge is 0.333 e. The minimum atomic E-state index is -3.48. The zero-order valence-corrected chi connectivity index (χ0v) is 13.7. The molecule has 1 saturated heterocycles. The van der Waals surface area contributed by atoms with Gasteiger partial charge >= 0.3 is 0 Å². The van der Waals surface area contributed by atoms with Crippen molar-refractivity contribution < 1.29 is 13.2 Å². The Morgan fingerprint density at radius 2 is 2.25 bits per heavy atom. The van der Waals surface area contributed by atoms with Crippen LogP contribution in [0.2, 0.25) is 0 Å². The summed E-state index contributed by atoms with van der Waals surface area (Å²) < 4.78 is 25.5. The fraction of sp³-hybridized carbons (Fsp3) is 0.545. The summed E-state index contributed by atoms with van der Waals surface area (Å²) in [6, 6.07) is 1.56. The highest BCUT2D eigenvalue weighted by atomic mass is 35.5. The van der Waals surface area contributed by atoms with Crippen molar-refractivity contribution in [1.29, 1.82) is 0 Å². The Morgan fingerprint density at radius 1 is 1.55 bits per heavy atom. The van der Waals surface area contributed by atoms with Crippen LogP contribution in [0.3, 0.4) is 0 Å². The fourth-order valence-corrected chi connectivity index (χ4v) is 3.93. The van der Waals surface area contributed by atoms with Crippen molar-refractivity contribution in [2.24, 2.45) is 0 Å². The number of rotatable bonds is 3. The van der Waals surface area contributed by atoms with E-state index < -0.39 is 10.0 Å². The highest BCUT2D eigenvalue weighted by molar-refractivity contribution is 7.89. The fourth-order valence-electron chi connectivity index (χ4n) is 1.97. The van der Waals surface area contributed by atoms with Crippen molar-refractivity contribution in [3.63, 3.8) is 0 Å². The van der Waals surface area contributed by atoms with E-state index >= 15 is 0 Å². The van der Waals surface area contributed by atoms with Crippen LogP contribution in [0.5, 0.6) is 0 Å². The van der Waals surface area contributed by atoms with Gasteiger partial charge in [0.15, 0.2) is 0 Å². The van der Waals surface area contributed by atoms with Gasteiger partial charge in [-0.3, -0.25) is 4.79 Å². The molecule has 1 aliphatic heterocycles. The molecule has 0 aliphatic carbocycles. The summed E-state index contributed by atoms with van der Waals surface area (Å²) >= 11 is 1.16. The van der Waals surface area contributed by atoms with E-state index in [0.29, 0.717) is 11.4 Å². The van der Waals surface area contributed by atoms with Gasteiger partial charge < -0.3 is 10.2 Å². The Labute approximate surface area is 129 Å². The molecule has 1 aromatic heterocycles. The van der Waals surface area contributed by atoms with E-state index in [1.54, 1.807) is 4.90 Å². The van der Waals surface area contributed by atoms with E-state index in [2.05, 4.69) is 10.0 Å². The van der Waals surface area contributed by atoms with Crippen molar-refractivity contribution in [1.82, 2.24) is 14.9 Å². The lowest BCUT2D eigenvalue weighted by Gasteiger charge is -2.33. The van der Waals surface area contributed by atoms with E-state index in [9.17, 15) is 13.2 Å². The predicted molar refractivity (Wildman–Crippen MR) is 81.2 cm³/mol. The van der Waals surface area contributed by atoms with Gasteiger partial charge in [-0.05, 0) is 20.0 Å². The lowest BCUT2D eigenvalue weighted by Crippen LogP contribution is -2.52. The molecule has 1 aromatic rings. The monoisotopic (exact) mass is 339 g/mol. The number of thiophene rings is 1. The van der Waals surface area contributed by atoms with Crippen LogP contribution in [0.25, 0.3) is 0 Å². The second kappa shape index (κ2) is 6.86. The van der Waals surface area contributed by atoms with Gasteiger partial charge in [-0.25, -0.2) is 13.1 Å². The van der Waals surface area contributed by atoms with Gasteiger partial charge in [-0.1, -0.05) is 0 Å². The molecule has 0 radical (unpaired) electrons. The first-order valence-corrected chi connectivity index (χ1v) is 8.36. The van der Waals surface area contributed by atoms with Gasteiger partial charge in [0.05, 0.1) is 9.77 Å². The van der Waals surface area contributed by atoms with E-state index in [1.165, 1.54) is 18.5 Å². The standard InChI is InChI=1S/C11H17N3O3S2.ClH/c1-8-6-13-3-4-14(8)11(15)10-5-9(7-18-10)19(16,17)12-2;/h5,7-8,12-13H,3-4,6H2,1-2H3;1H/t8-;/m1./s1. The quantitative estimate of drug-likeness (QED) is 0.841. The zero-order chi connectivity index (χ0) is 14.0. The van der Waals surface area contributed by atoms with Crippen LogP contribution < -0.4 is 10.0 Å². The molecule has 1 fully saturated rings. The molecular formula is C11H18ClN3O3S2. The van der Waals surface area contributed by atoms with Gasteiger partial charge in [0.1, 0.15) is 0 Å². The Bertz CT molecular complexity index is 573. The van der Waals surface area contributed by atoms with Crippen LogP contribution in [0.4, 0.5) is 0 Å². The van der Waals surface area contributed by atoms with E-state index in [4.69, 9.17) is 0 Å². The molecule has 114 valence electrons. The third kappa shape index (κ3) is 3.50. The smallest absolute Gasteiger partial charge is 0.264 e. The van der Waals surface area contributed by atoms with Crippen LogP contribution in [-0.2, 0) is 10.0 Å². The highest BCUT2D eigenvalue weighted by Gasteiger charge is 2.26. The van der Waals surface area contributed by atoms with Crippen LogP contribution in [-0.4, -0.2) is 51.9 Å². The molecule has 9 heteroatoms. The molecule has 2 N–H and O–H groups in total. The average Bonchev–Trinajstić information content (AvgIpc) is 2.89. The summed E-state index contributed by atoms with van der Waals surface area (Å²) in [6.07, 6.45) is 0. The van der Waals surface area contributed by atoms with Gasteiger partial charge in [0, 0.05) is 31.1 Å². The van der Waals surface area contributed by atoms with Crippen LogP contribution in [0.1, 0.15) is 16.6 Å². The Kier molecular flexibility index (Phi) is 5.96. The van der Waals surface area contributed by atoms with Crippen molar-refractivity contribution >= 4 is 39.7 Å². The molecule has 6 nitrogen and oxygen atoms in total. The number of sulfonamides is 1. The summed E-state index contributed by atoms with van der Waals surface area (Å²) in [6.45, 7) is 4.15. The molecule has 1 atom stereocenters. The van der Waals surface area contributed by atoms with Gasteiger partial charge in [0.25, 0.3) is 5.91 Å². The molecule has 20 heavy (non-hydrogen) atoms. The Hall–Kier alpha value is -0.670. The molecule has 0 saturated carbocycles. The number of carbonyl (C=O) groups is 1. The normalized spacial score (nSPS) is 19.5.